The van der Waals surface area contributed by atoms with Crippen LogP contribution in [-0.2, 0) is 0 Å². The number of likely N-dealkylation sites (tertiary alicyclic amines) is 1. The number of hydrogen-bond acceptors (Lipinski definition) is 3. The van der Waals surface area contributed by atoms with Crippen molar-refractivity contribution in [2.45, 2.75) is 51.3 Å². The van der Waals surface area contributed by atoms with E-state index in [0.717, 1.165) is 17.9 Å². The Hall–Kier alpha value is -1.06. The van der Waals surface area contributed by atoms with Gasteiger partial charge in [-0.15, -0.1) is 0 Å². The van der Waals surface area contributed by atoms with E-state index in [0.29, 0.717) is 0 Å². The Kier molecular flexibility index (Phi) is 4.16. The van der Waals surface area contributed by atoms with Crippen LogP contribution in [0.3, 0.4) is 0 Å². The van der Waals surface area contributed by atoms with E-state index in [-0.39, 0.29) is 11.6 Å². The first kappa shape index (κ1) is 14.4. The Labute approximate surface area is 116 Å². The molecule has 1 aromatic carbocycles. The first-order valence-corrected chi connectivity index (χ1v) is 7.04. The van der Waals surface area contributed by atoms with E-state index < -0.39 is 6.10 Å². The average Bonchev–Trinajstić information content (AvgIpc) is 2.77. The summed E-state index contributed by atoms with van der Waals surface area (Å²) >= 11 is 0. The quantitative estimate of drug-likeness (QED) is 0.906. The van der Waals surface area contributed by atoms with E-state index in [1.54, 1.807) is 7.11 Å². The molecule has 19 heavy (non-hydrogen) atoms. The third kappa shape index (κ3) is 2.93. The second kappa shape index (κ2) is 5.51. The lowest BCUT2D eigenvalue weighted by Gasteiger charge is -2.39. The maximum Gasteiger partial charge on any atom is 0.118 e. The van der Waals surface area contributed by atoms with Crippen LogP contribution in [-0.4, -0.2) is 35.2 Å². The monoisotopic (exact) mass is 263 g/mol. The van der Waals surface area contributed by atoms with Crippen molar-refractivity contribution >= 4 is 0 Å². The van der Waals surface area contributed by atoms with Crippen LogP contribution in [0.2, 0.25) is 0 Å². The van der Waals surface area contributed by atoms with Gasteiger partial charge in [0, 0.05) is 11.6 Å². The topological polar surface area (TPSA) is 32.7 Å². The molecule has 1 aromatic rings. The van der Waals surface area contributed by atoms with Gasteiger partial charge in [-0.3, -0.25) is 4.90 Å². The van der Waals surface area contributed by atoms with Crippen LogP contribution in [0, 0.1) is 0 Å². The van der Waals surface area contributed by atoms with Crippen LogP contribution in [0.5, 0.6) is 5.75 Å². The Morgan fingerprint density at radius 3 is 2.37 bits per heavy atom. The minimum atomic E-state index is -0.455. The molecule has 106 valence electrons. The first-order valence-electron chi connectivity index (χ1n) is 7.04. The number of nitrogens with zero attached hydrogens (tertiary/aromatic N) is 1. The van der Waals surface area contributed by atoms with Crippen molar-refractivity contribution in [3.05, 3.63) is 29.8 Å². The Balaban J connectivity index is 2.11. The summed E-state index contributed by atoms with van der Waals surface area (Å²) in [6.45, 7) is 7.71. The molecule has 0 aliphatic carbocycles. The average molecular weight is 263 g/mol. The molecule has 2 rings (SSSR count). The number of hydrogen-bond donors (Lipinski definition) is 1. The molecule has 1 fully saturated rings. The van der Waals surface area contributed by atoms with Crippen molar-refractivity contribution in [2.24, 2.45) is 0 Å². The predicted molar refractivity (Wildman–Crippen MR) is 77.4 cm³/mol. The first-order chi connectivity index (χ1) is 8.95. The fourth-order valence-corrected chi connectivity index (χ4v) is 3.13. The molecule has 1 aliphatic heterocycles. The summed E-state index contributed by atoms with van der Waals surface area (Å²) in [5.41, 5.74) is 1.14. The highest BCUT2D eigenvalue weighted by Crippen LogP contribution is 2.34. The molecule has 3 nitrogen and oxygen atoms in total. The van der Waals surface area contributed by atoms with E-state index in [9.17, 15) is 5.11 Å². The van der Waals surface area contributed by atoms with E-state index in [2.05, 4.69) is 25.7 Å². The standard InChI is InChI=1S/C16H25NO2/c1-12(17-11-5-10-16(17,2)3)15(18)13-6-8-14(19-4)9-7-13/h6-9,12,15,18H,5,10-11H2,1-4H3. The normalized spacial score (nSPS) is 22.2. The lowest BCUT2D eigenvalue weighted by Crippen LogP contribution is -2.46. The van der Waals surface area contributed by atoms with E-state index >= 15 is 0 Å². The second-order valence-corrected chi connectivity index (χ2v) is 6.07. The Bertz CT molecular complexity index is 413. The number of ether oxygens (including phenoxy) is 1. The highest BCUT2D eigenvalue weighted by molar-refractivity contribution is 5.29. The molecule has 0 aromatic heterocycles. The largest absolute Gasteiger partial charge is 0.497 e. The summed E-state index contributed by atoms with van der Waals surface area (Å²) in [6, 6.07) is 7.83. The third-order valence-electron chi connectivity index (χ3n) is 4.37. The van der Waals surface area contributed by atoms with Crippen molar-refractivity contribution in [3.8, 4) is 5.75 Å². The van der Waals surface area contributed by atoms with Crippen molar-refractivity contribution in [2.75, 3.05) is 13.7 Å². The SMILES string of the molecule is COc1ccc(C(O)C(C)N2CCCC2(C)C)cc1. The minimum Gasteiger partial charge on any atom is -0.497 e. The maximum absolute atomic E-state index is 10.6. The summed E-state index contributed by atoms with van der Waals surface area (Å²) < 4.78 is 5.15. The smallest absolute Gasteiger partial charge is 0.118 e. The van der Waals surface area contributed by atoms with Gasteiger partial charge in [0.15, 0.2) is 0 Å². The molecule has 1 saturated heterocycles. The zero-order valence-corrected chi connectivity index (χ0v) is 12.4. The minimum absolute atomic E-state index is 0.130. The molecular formula is C16H25NO2. The van der Waals surface area contributed by atoms with Gasteiger partial charge in [-0.05, 0) is 57.9 Å². The fourth-order valence-electron chi connectivity index (χ4n) is 3.13. The second-order valence-electron chi connectivity index (χ2n) is 6.07. The lowest BCUT2D eigenvalue weighted by molar-refractivity contribution is 0.0239. The van der Waals surface area contributed by atoms with Gasteiger partial charge in [-0.1, -0.05) is 12.1 Å². The van der Waals surface area contributed by atoms with E-state index in [4.69, 9.17) is 4.74 Å². The molecular weight excluding hydrogens is 238 g/mol. The summed E-state index contributed by atoms with van der Waals surface area (Å²) in [6.07, 6.45) is 1.96. The number of rotatable bonds is 4. The Morgan fingerprint density at radius 2 is 1.89 bits per heavy atom. The van der Waals surface area contributed by atoms with Crippen molar-refractivity contribution in [1.82, 2.24) is 4.90 Å². The van der Waals surface area contributed by atoms with Gasteiger partial charge >= 0.3 is 0 Å². The number of methoxy groups -OCH3 is 1. The van der Waals surface area contributed by atoms with Crippen LogP contribution in [0.1, 0.15) is 45.3 Å². The molecule has 2 unspecified atom stereocenters. The van der Waals surface area contributed by atoms with Crippen LogP contribution in [0.25, 0.3) is 0 Å². The third-order valence-corrected chi connectivity index (χ3v) is 4.37. The Morgan fingerprint density at radius 1 is 1.26 bits per heavy atom. The van der Waals surface area contributed by atoms with E-state index in [1.807, 2.05) is 24.3 Å². The van der Waals surface area contributed by atoms with Gasteiger partial charge in [0.25, 0.3) is 0 Å². The van der Waals surface area contributed by atoms with Gasteiger partial charge in [-0.2, -0.15) is 0 Å². The summed E-state index contributed by atoms with van der Waals surface area (Å²) in [5.74, 6) is 0.824. The molecule has 2 atom stereocenters. The highest BCUT2D eigenvalue weighted by Gasteiger charge is 2.37. The number of aliphatic hydroxyl groups excluding tert-OH is 1. The number of benzene rings is 1. The fraction of sp³-hybridized carbons (Fsp3) is 0.625. The molecule has 1 N–H and O–H groups in total. The summed E-state index contributed by atoms with van der Waals surface area (Å²) in [5, 5.41) is 10.6. The van der Waals surface area contributed by atoms with Crippen LogP contribution in [0.4, 0.5) is 0 Å². The van der Waals surface area contributed by atoms with Gasteiger partial charge < -0.3 is 9.84 Å². The van der Waals surface area contributed by atoms with Crippen LogP contribution >= 0.6 is 0 Å². The zero-order chi connectivity index (χ0) is 14.0. The van der Waals surface area contributed by atoms with Crippen molar-refractivity contribution in [1.29, 1.82) is 0 Å². The van der Waals surface area contributed by atoms with Gasteiger partial charge in [-0.25, -0.2) is 0 Å². The van der Waals surface area contributed by atoms with Crippen molar-refractivity contribution in [3.63, 3.8) is 0 Å². The van der Waals surface area contributed by atoms with Crippen molar-refractivity contribution < 1.29 is 9.84 Å². The molecule has 3 heteroatoms. The van der Waals surface area contributed by atoms with Gasteiger partial charge in [0.05, 0.1) is 13.2 Å². The van der Waals surface area contributed by atoms with E-state index in [1.165, 1.54) is 12.8 Å². The molecule has 0 spiro atoms. The highest BCUT2D eigenvalue weighted by atomic mass is 16.5. The maximum atomic E-state index is 10.6. The van der Waals surface area contributed by atoms with Crippen LogP contribution < -0.4 is 4.74 Å². The molecule has 0 radical (unpaired) electrons. The molecule has 0 saturated carbocycles. The molecule has 1 heterocycles. The summed E-state index contributed by atoms with van der Waals surface area (Å²) in [7, 11) is 1.65. The molecule has 1 aliphatic rings. The summed E-state index contributed by atoms with van der Waals surface area (Å²) in [4.78, 5) is 2.42. The molecule has 0 bridgehead atoms. The predicted octanol–water partition coefficient (Wildman–Crippen LogP) is 2.99. The van der Waals surface area contributed by atoms with Gasteiger partial charge in [0.2, 0.25) is 0 Å². The van der Waals surface area contributed by atoms with Gasteiger partial charge in [0.1, 0.15) is 5.75 Å². The zero-order valence-electron chi connectivity index (χ0n) is 12.4. The van der Waals surface area contributed by atoms with Crippen LogP contribution in [0.15, 0.2) is 24.3 Å². The number of aliphatic hydroxyl groups is 1. The lowest BCUT2D eigenvalue weighted by atomic mass is 9.96. The molecule has 0 amide bonds.